The lowest BCUT2D eigenvalue weighted by atomic mass is 10.1. The number of rotatable bonds is 27. The van der Waals surface area contributed by atoms with Gasteiger partial charge in [-0.2, -0.15) is 0 Å². The summed E-state index contributed by atoms with van der Waals surface area (Å²) in [6.07, 6.45) is 1.16. The molecule has 0 saturated heterocycles. The SMILES string of the molecule is CNc1ccc(C(=O)NCCCCC(NC(=O)COCCOCCNC(=O)CCC(NC(=O)CCC(N)C(=O)OC(C)(C)C)C(=O)OC(C)(C)C)C(=O)Nc2ccccc2)cc1. The van der Waals surface area contributed by atoms with Gasteiger partial charge in [-0.05, 0) is 110 Å². The van der Waals surface area contributed by atoms with E-state index in [4.69, 9.17) is 24.7 Å². The van der Waals surface area contributed by atoms with E-state index in [1.807, 2.05) is 18.2 Å². The molecule has 0 aliphatic rings. The Morgan fingerprint density at radius 2 is 1.23 bits per heavy atom. The summed E-state index contributed by atoms with van der Waals surface area (Å²) in [4.78, 5) is 88.7. The van der Waals surface area contributed by atoms with E-state index in [0.29, 0.717) is 37.1 Å². The second-order valence-corrected chi connectivity index (χ2v) is 16.4. The molecule has 8 N–H and O–H groups in total. The van der Waals surface area contributed by atoms with Crippen LogP contribution in [0.2, 0.25) is 0 Å². The maximum atomic E-state index is 13.1. The van der Waals surface area contributed by atoms with Crippen molar-refractivity contribution in [2.24, 2.45) is 5.73 Å². The van der Waals surface area contributed by atoms with Gasteiger partial charge in [0.2, 0.25) is 23.6 Å². The number of unbranched alkanes of at least 4 members (excludes halogenated alkanes) is 1. The van der Waals surface area contributed by atoms with Crippen LogP contribution in [0.3, 0.4) is 0 Å². The van der Waals surface area contributed by atoms with Crippen molar-refractivity contribution >= 4 is 52.8 Å². The third-order valence-electron chi connectivity index (χ3n) is 8.59. The lowest BCUT2D eigenvalue weighted by Crippen LogP contribution is -2.45. The first-order valence-corrected chi connectivity index (χ1v) is 20.9. The first-order chi connectivity index (χ1) is 29.3. The number of carbonyl (C=O) groups is 7. The van der Waals surface area contributed by atoms with Gasteiger partial charge in [-0.3, -0.25) is 28.8 Å². The standard InChI is InChI=1S/C44H67N7O11/c1-43(2,3)61-41(57)33(45)20-22-37(53)51-35(42(58)62-44(4,5)6)21-23-36(52)47-25-26-59-27-28-60-29-38(54)50-34(40(56)49-32-13-9-8-10-14-32)15-11-12-24-48-39(55)30-16-18-31(46-7)19-17-30/h8-10,13-14,16-19,33-35,46H,11-12,15,20-29,45H2,1-7H3,(H,47,52)(H,48,55)(H,49,56)(H,50,54)(H,51,53). The van der Waals surface area contributed by atoms with Gasteiger partial charge in [0, 0.05) is 49.9 Å². The van der Waals surface area contributed by atoms with Gasteiger partial charge in [-0.1, -0.05) is 18.2 Å². The summed E-state index contributed by atoms with van der Waals surface area (Å²) in [6.45, 7) is 10.7. The summed E-state index contributed by atoms with van der Waals surface area (Å²) < 4.78 is 21.6. The first-order valence-electron chi connectivity index (χ1n) is 20.9. The number of esters is 2. The zero-order valence-electron chi connectivity index (χ0n) is 37.2. The normalized spacial score (nSPS) is 12.8. The monoisotopic (exact) mass is 869 g/mol. The summed E-state index contributed by atoms with van der Waals surface area (Å²) in [5.41, 5.74) is 6.33. The fourth-order valence-corrected chi connectivity index (χ4v) is 5.50. The third-order valence-corrected chi connectivity index (χ3v) is 8.59. The van der Waals surface area contributed by atoms with E-state index in [2.05, 4.69) is 31.9 Å². The molecule has 2 rings (SSSR count). The molecular weight excluding hydrogens is 803 g/mol. The molecule has 0 bridgehead atoms. The van der Waals surface area contributed by atoms with Crippen LogP contribution >= 0.6 is 0 Å². The van der Waals surface area contributed by atoms with Crippen molar-refractivity contribution in [2.45, 2.75) is 116 Å². The van der Waals surface area contributed by atoms with Crippen molar-refractivity contribution in [3.05, 3.63) is 60.2 Å². The average molecular weight is 870 g/mol. The second-order valence-electron chi connectivity index (χ2n) is 16.4. The van der Waals surface area contributed by atoms with Crippen LogP contribution in [0, 0.1) is 0 Å². The van der Waals surface area contributed by atoms with Crippen LogP contribution in [0.1, 0.15) is 96.8 Å². The molecule has 0 aliphatic heterocycles. The minimum absolute atomic E-state index is 0.00605. The van der Waals surface area contributed by atoms with Gasteiger partial charge >= 0.3 is 11.9 Å². The molecule has 18 nitrogen and oxygen atoms in total. The van der Waals surface area contributed by atoms with Gasteiger partial charge in [0.1, 0.15) is 35.9 Å². The Morgan fingerprint density at radius 1 is 0.613 bits per heavy atom. The Balaban J connectivity index is 1.72. The van der Waals surface area contributed by atoms with Crippen LogP contribution in [-0.2, 0) is 47.7 Å². The fourth-order valence-electron chi connectivity index (χ4n) is 5.50. The molecule has 0 spiro atoms. The van der Waals surface area contributed by atoms with Gasteiger partial charge in [0.15, 0.2) is 0 Å². The molecule has 2 aromatic rings. The Labute approximate surface area is 364 Å². The van der Waals surface area contributed by atoms with E-state index in [0.717, 1.165) is 5.69 Å². The Morgan fingerprint density at radius 3 is 1.87 bits per heavy atom. The largest absolute Gasteiger partial charge is 0.459 e. The van der Waals surface area contributed by atoms with Crippen molar-refractivity contribution in [3.8, 4) is 0 Å². The number of para-hydroxylation sites is 1. The van der Waals surface area contributed by atoms with Crippen LogP contribution in [0.5, 0.6) is 0 Å². The van der Waals surface area contributed by atoms with E-state index >= 15 is 0 Å². The summed E-state index contributed by atoms with van der Waals surface area (Å²) >= 11 is 0. The lowest BCUT2D eigenvalue weighted by molar-refractivity contribution is -0.159. The zero-order chi connectivity index (χ0) is 46.1. The van der Waals surface area contributed by atoms with E-state index in [9.17, 15) is 33.6 Å². The quantitative estimate of drug-likeness (QED) is 0.0505. The molecule has 2 aromatic carbocycles. The van der Waals surface area contributed by atoms with Gasteiger partial charge in [0.05, 0.1) is 19.8 Å². The highest BCUT2D eigenvalue weighted by molar-refractivity contribution is 5.97. The summed E-state index contributed by atoms with van der Waals surface area (Å²) in [6, 6.07) is 13.0. The van der Waals surface area contributed by atoms with Gasteiger partial charge in [-0.25, -0.2) is 4.79 Å². The van der Waals surface area contributed by atoms with Crippen LogP contribution in [0.4, 0.5) is 11.4 Å². The molecule has 62 heavy (non-hydrogen) atoms. The van der Waals surface area contributed by atoms with Crippen molar-refractivity contribution < 1.29 is 52.5 Å². The molecule has 3 unspecified atom stereocenters. The average Bonchev–Trinajstić information content (AvgIpc) is 3.20. The summed E-state index contributed by atoms with van der Waals surface area (Å²) in [5, 5.41) is 16.7. The van der Waals surface area contributed by atoms with Crippen LogP contribution in [0.25, 0.3) is 0 Å². The Hall–Kier alpha value is -5.59. The molecule has 3 atom stereocenters. The number of hydrogen-bond acceptors (Lipinski definition) is 13. The maximum Gasteiger partial charge on any atom is 0.329 e. The van der Waals surface area contributed by atoms with E-state index in [1.165, 1.54) is 0 Å². The van der Waals surface area contributed by atoms with Crippen LogP contribution in [0.15, 0.2) is 54.6 Å². The molecule has 0 saturated carbocycles. The molecule has 5 amide bonds. The van der Waals surface area contributed by atoms with Crippen molar-refractivity contribution in [1.82, 2.24) is 21.3 Å². The highest BCUT2D eigenvalue weighted by Gasteiger charge is 2.29. The van der Waals surface area contributed by atoms with Crippen LogP contribution in [-0.4, -0.2) is 117 Å². The highest BCUT2D eigenvalue weighted by Crippen LogP contribution is 2.14. The van der Waals surface area contributed by atoms with Gasteiger partial charge in [0.25, 0.3) is 5.91 Å². The minimum Gasteiger partial charge on any atom is -0.459 e. The number of nitrogens with one attached hydrogen (secondary N) is 6. The van der Waals surface area contributed by atoms with E-state index < -0.39 is 53.1 Å². The molecule has 0 aromatic heterocycles. The lowest BCUT2D eigenvalue weighted by Gasteiger charge is -2.25. The first kappa shape index (κ1) is 52.5. The number of hydrogen-bond donors (Lipinski definition) is 7. The van der Waals surface area contributed by atoms with E-state index in [1.54, 1.807) is 85.0 Å². The third kappa shape index (κ3) is 23.4. The van der Waals surface area contributed by atoms with Crippen molar-refractivity contribution in [2.75, 3.05) is 57.2 Å². The Kier molecular flexibility index (Phi) is 23.2. The number of anilines is 2. The van der Waals surface area contributed by atoms with Crippen LogP contribution < -0.4 is 37.6 Å². The number of ether oxygens (including phenoxy) is 4. The molecular formula is C44H67N7O11. The number of amides is 5. The highest BCUT2D eigenvalue weighted by atomic mass is 16.6. The number of nitrogens with two attached hydrogens (primary N) is 1. The summed E-state index contributed by atoms with van der Waals surface area (Å²) in [5.74, 6) is -3.35. The summed E-state index contributed by atoms with van der Waals surface area (Å²) in [7, 11) is 1.80. The molecule has 18 heteroatoms. The Bertz CT molecular complexity index is 1730. The maximum absolute atomic E-state index is 13.1. The number of benzene rings is 2. The molecule has 0 fully saturated rings. The minimum atomic E-state index is -1.11. The predicted octanol–water partition coefficient (Wildman–Crippen LogP) is 2.96. The molecule has 344 valence electrons. The smallest absolute Gasteiger partial charge is 0.329 e. The van der Waals surface area contributed by atoms with Gasteiger partial charge < -0.3 is 56.6 Å². The molecule has 0 aliphatic carbocycles. The molecule has 0 radical (unpaired) electrons. The second kappa shape index (κ2) is 27.4. The predicted molar refractivity (Wildman–Crippen MR) is 234 cm³/mol. The zero-order valence-corrected chi connectivity index (χ0v) is 37.2. The topological polar surface area (TPSA) is 255 Å². The number of carbonyl (C=O) groups excluding carboxylic acids is 7. The van der Waals surface area contributed by atoms with E-state index in [-0.39, 0.29) is 76.4 Å². The molecule has 0 heterocycles. The van der Waals surface area contributed by atoms with Crippen molar-refractivity contribution in [1.29, 1.82) is 0 Å². The van der Waals surface area contributed by atoms with Crippen molar-refractivity contribution in [3.63, 3.8) is 0 Å². The van der Waals surface area contributed by atoms with Gasteiger partial charge in [-0.15, -0.1) is 0 Å². The fraction of sp³-hybridized carbons (Fsp3) is 0.568.